The fourth-order valence-electron chi connectivity index (χ4n) is 5.57. The minimum absolute atomic E-state index is 0.0829. The number of unbranched alkanes of at least 4 members (excludes halogenated alkanes) is 8. The Labute approximate surface area is 269 Å². The maximum absolute atomic E-state index is 13.5. The molecule has 0 aliphatic carbocycles. The van der Waals surface area contributed by atoms with E-state index in [4.69, 9.17) is 14.4 Å². The number of carbonyl (C=O) groups excluding carboxylic acids is 1. The summed E-state index contributed by atoms with van der Waals surface area (Å²) in [6.45, 7) is 0.657. The first-order valence-electron chi connectivity index (χ1n) is 15.5. The number of hydrogen-bond donors (Lipinski definition) is 3. The molecular formula is C32H37F6N3O5Si. The van der Waals surface area contributed by atoms with Crippen LogP contribution in [-0.2, 0) is 22.3 Å². The van der Waals surface area contributed by atoms with E-state index >= 15 is 0 Å². The van der Waals surface area contributed by atoms with Gasteiger partial charge in [0, 0.05) is 24.1 Å². The van der Waals surface area contributed by atoms with Crippen LogP contribution in [0.1, 0.15) is 86.3 Å². The first-order valence-corrected chi connectivity index (χ1v) is 17.5. The lowest BCUT2D eigenvalue weighted by Gasteiger charge is -2.30. The van der Waals surface area contributed by atoms with Gasteiger partial charge in [0.25, 0.3) is 0 Å². The van der Waals surface area contributed by atoms with E-state index in [0.717, 1.165) is 81.7 Å². The highest BCUT2D eigenvalue weighted by Gasteiger charge is 2.45. The monoisotopic (exact) mass is 685 g/mol. The van der Waals surface area contributed by atoms with Gasteiger partial charge in [-0.3, -0.25) is 9.48 Å². The third kappa shape index (κ3) is 10.7. The van der Waals surface area contributed by atoms with Crippen LogP contribution in [0.3, 0.4) is 0 Å². The number of aryl methyl sites for hydroxylation is 1. The van der Waals surface area contributed by atoms with Gasteiger partial charge in [-0.1, -0.05) is 86.6 Å². The molecule has 3 aromatic rings. The van der Waals surface area contributed by atoms with Gasteiger partial charge in [-0.05, 0) is 42.2 Å². The smallest absolute Gasteiger partial charge is 0.421 e. The molecule has 0 spiro atoms. The molecule has 0 bridgehead atoms. The number of rotatable bonds is 15. The van der Waals surface area contributed by atoms with E-state index in [9.17, 15) is 31.1 Å². The predicted octanol–water partition coefficient (Wildman–Crippen LogP) is 7.26. The van der Waals surface area contributed by atoms with Crippen LogP contribution >= 0.6 is 0 Å². The molecule has 4 rings (SSSR count). The molecule has 1 aliphatic heterocycles. The fourth-order valence-corrected chi connectivity index (χ4v) is 6.29. The largest absolute Gasteiger partial charge is 0.492 e. The molecule has 0 radical (unpaired) electrons. The van der Waals surface area contributed by atoms with Crippen molar-refractivity contribution in [2.75, 3.05) is 0 Å². The van der Waals surface area contributed by atoms with Gasteiger partial charge in [-0.2, -0.15) is 26.3 Å². The Kier molecular flexibility index (Phi) is 12.0. The van der Waals surface area contributed by atoms with Gasteiger partial charge >= 0.3 is 27.1 Å². The summed E-state index contributed by atoms with van der Waals surface area (Å²) >= 11 is 0. The van der Waals surface area contributed by atoms with Crippen molar-refractivity contribution in [2.45, 2.75) is 94.6 Å². The van der Waals surface area contributed by atoms with Crippen LogP contribution < -0.4 is 0 Å². The first kappa shape index (κ1) is 36.3. The minimum Gasteiger partial charge on any atom is -0.421 e. The Morgan fingerprint density at radius 1 is 0.745 bits per heavy atom. The Morgan fingerprint density at radius 2 is 1.30 bits per heavy atom. The van der Waals surface area contributed by atoms with Crippen molar-refractivity contribution >= 4 is 14.8 Å². The Hall–Kier alpha value is -3.53. The number of hydrogen-bond acceptors (Lipinski definition) is 7. The van der Waals surface area contributed by atoms with Crippen LogP contribution in [0.25, 0.3) is 11.3 Å². The molecule has 47 heavy (non-hydrogen) atoms. The van der Waals surface area contributed by atoms with Gasteiger partial charge < -0.3 is 19.1 Å². The Morgan fingerprint density at radius 3 is 1.85 bits per heavy atom. The van der Waals surface area contributed by atoms with Crippen LogP contribution in [0.4, 0.5) is 26.3 Å². The summed E-state index contributed by atoms with van der Waals surface area (Å²) in [7, 11) is -3.91. The molecule has 0 saturated carbocycles. The third-order valence-electron chi connectivity index (χ3n) is 8.06. The molecule has 3 N–H and O–H groups in total. The summed E-state index contributed by atoms with van der Waals surface area (Å²) in [4.78, 5) is 39.8. The number of carbonyl (C=O) groups is 1. The third-order valence-corrected chi connectivity index (χ3v) is 9.08. The summed E-state index contributed by atoms with van der Waals surface area (Å²) in [5.41, 5.74) is 0.684. The molecule has 256 valence electrons. The lowest BCUT2D eigenvalue weighted by Crippen LogP contribution is -2.33. The molecule has 8 nitrogen and oxygen atoms in total. The zero-order valence-corrected chi connectivity index (χ0v) is 26.5. The SMILES string of the molecule is O=C1OC(C(F)(F)F)=C[C@@H](c2ccc(-c3cn(CCCCCCCCCCC[Si](O)(O)O)nn3)cc2)[C@@H]1c1ccc(C(F)(F)F)cc1. The Balaban J connectivity index is 1.33. The van der Waals surface area contributed by atoms with E-state index in [1.165, 1.54) is 0 Å². The maximum atomic E-state index is 13.5. The molecule has 0 fully saturated rings. The molecule has 0 amide bonds. The number of esters is 1. The summed E-state index contributed by atoms with van der Waals surface area (Å²) in [6, 6.07) is 10.2. The van der Waals surface area contributed by atoms with Crippen molar-refractivity contribution in [2.24, 2.45) is 0 Å². The average Bonchev–Trinajstić information content (AvgIpc) is 3.47. The molecule has 1 aromatic heterocycles. The number of alkyl halides is 6. The predicted molar refractivity (Wildman–Crippen MR) is 161 cm³/mol. The summed E-state index contributed by atoms with van der Waals surface area (Å²) in [5.74, 6) is -5.13. The molecule has 2 heterocycles. The second-order valence-electron chi connectivity index (χ2n) is 11.8. The molecular weight excluding hydrogens is 648 g/mol. The van der Waals surface area contributed by atoms with Gasteiger partial charge in [0.1, 0.15) is 5.69 Å². The van der Waals surface area contributed by atoms with Crippen LogP contribution in [0, 0.1) is 0 Å². The normalized spacial score (nSPS) is 17.5. The standard InChI is InChI=1S/C32H37F6N3O5Si/c33-31(34,35)25-16-14-24(15-17-25)29-26(20-28(32(36,37)38)46-30(29)42)22-10-12-23(13-11-22)27-21-41(40-39-27)18-8-6-4-2-1-3-5-7-9-19-47(43,44)45/h10-17,20-21,26,29,43-45H,1-9,18-19H2/t26-,29-/m0/s1. The van der Waals surface area contributed by atoms with Crippen molar-refractivity contribution in [3.05, 3.63) is 83.3 Å². The molecule has 2 aromatic carbocycles. The van der Waals surface area contributed by atoms with E-state index < -0.39 is 50.3 Å². The molecule has 2 atom stereocenters. The van der Waals surface area contributed by atoms with E-state index in [0.29, 0.717) is 29.8 Å². The number of aromatic nitrogens is 3. The lowest BCUT2D eigenvalue weighted by atomic mass is 9.79. The lowest BCUT2D eigenvalue weighted by molar-refractivity contribution is -0.164. The van der Waals surface area contributed by atoms with Gasteiger partial charge in [0.15, 0.2) is 0 Å². The number of ether oxygens (including phenoxy) is 1. The second kappa shape index (κ2) is 15.6. The molecule has 15 heteroatoms. The van der Waals surface area contributed by atoms with E-state index in [1.54, 1.807) is 35.1 Å². The van der Waals surface area contributed by atoms with E-state index in [-0.39, 0.29) is 11.6 Å². The van der Waals surface area contributed by atoms with Gasteiger partial charge in [0.05, 0.1) is 17.7 Å². The highest BCUT2D eigenvalue weighted by molar-refractivity contribution is 6.56. The maximum Gasteiger partial charge on any atom is 0.492 e. The van der Waals surface area contributed by atoms with Gasteiger partial charge in [-0.25, -0.2) is 0 Å². The van der Waals surface area contributed by atoms with Crippen LogP contribution in [0.2, 0.25) is 6.04 Å². The van der Waals surface area contributed by atoms with E-state index in [1.807, 2.05) is 0 Å². The molecule has 0 unspecified atom stereocenters. The summed E-state index contributed by atoms with van der Waals surface area (Å²) < 4.78 is 86.2. The van der Waals surface area contributed by atoms with Crippen LogP contribution in [0.15, 0.2) is 66.6 Å². The number of nitrogens with zero attached hydrogens (tertiary/aromatic N) is 3. The van der Waals surface area contributed by atoms with Gasteiger partial charge in [0.2, 0.25) is 5.76 Å². The Bertz CT molecular complexity index is 1490. The van der Waals surface area contributed by atoms with Crippen molar-refractivity contribution in [1.82, 2.24) is 15.0 Å². The molecule has 0 saturated heterocycles. The first-order chi connectivity index (χ1) is 22.1. The van der Waals surface area contributed by atoms with Crippen LogP contribution in [0.5, 0.6) is 0 Å². The number of allylic oxidation sites excluding steroid dienone is 2. The summed E-state index contributed by atoms with van der Waals surface area (Å²) in [5, 5.41) is 8.36. The summed E-state index contributed by atoms with van der Waals surface area (Å²) in [6.07, 6.45) is 1.68. The number of benzene rings is 2. The quantitative estimate of drug-likeness (QED) is 0.0667. The van der Waals surface area contributed by atoms with Crippen molar-refractivity contribution in [3.8, 4) is 11.3 Å². The van der Waals surface area contributed by atoms with Crippen LogP contribution in [-0.4, -0.2) is 50.3 Å². The highest BCUT2D eigenvalue weighted by Crippen LogP contribution is 2.44. The zero-order valence-electron chi connectivity index (χ0n) is 25.5. The minimum atomic E-state index is -4.93. The number of cyclic esters (lactones) is 1. The fraction of sp³-hybridized carbons (Fsp3) is 0.469. The van der Waals surface area contributed by atoms with Crippen molar-refractivity contribution in [1.29, 1.82) is 0 Å². The molecule has 1 aliphatic rings. The topological polar surface area (TPSA) is 118 Å². The average molecular weight is 686 g/mol. The highest BCUT2D eigenvalue weighted by atomic mass is 28.4. The second-order valence-corrected chi connectivity index (χ2v) is 13.8. The zero-order chi connectivity index (χ0) is 34.2. The van der Waals surface area contributed by atoms with Crippen molar-refractivity contribution in [3.63, 3.8) is 0 Å². The van der Waals surface area contributed by atoms with E-state index in [2.05, 4.69) is 15.0 Å². The van der Waals surface area contributed by atoms with Crippen molar-refractivity contribution < 1.29 is 50.3 Å². The van der Waals surface area contributed by atoms with Gasteiger partial charge in [-0.15, -0.1) is 5.10 Å². The number of halogens is 6.